The molecule has 1 aromatic carbocycles. The lowest BCUT2D eigenvalue weighted by atomic mass is 10.1. The topological polar surface area (TPSA) is 33.3 Å². The van der Waals surface area contributed by atoms with Crippen molar-refractivity contribution in [3.63, 3.8) is 0 Å². The van der Waals surface area contributed by atoms with E-state index in [0.29, 0.717) is 13.0 Å². The van der Waals surface area contributed by atoms with E-state index in [2.05, 4.69) is 4.74 Å². The lowest BCUT2D eigenvalue weighted by Crippen LogP contribution is -2.33. The molecule has 0 aliphatic rings. The SMILES string of the molecule is OCCCc1cc[n+](Cc2cccc(OC(F)(F)F)c2)cc1. The fraction of sp³-hybridized carbons (Fsp3) is 0.312. The van der Waals surface area contributed by atoms with Gasteiger partial charge in [0.1, 0.15) is 5.75 Å². The molecule has 0 atom stereocenters. The molecule has 2 aromatic rings. The Morgan fingerprint density at radius 1 is 1.05 bits per heavy atom. The predicted octanol–water partition coefficient (Wildman–Crippen LogP) is 2.85. The van der Waals surface area contributed by atoms with Gasteiger partial charge in [-0.15, -0.1) is 13.2 Å². The van der Waals surface area contributed by atoms with Gasteiger partial charge in [-0.25, -0.2) is 4.57 Å². The highest BCUT2D eigenvalue weighted by Crippen LogP contribution is 2.23. The Morgan fingerprint density at radius 3 is 2.41 bits per heavy atom. The number of aliphatic hydroxyl groups is 1. The zero-order chi connectivity index (χ0) is 16.0. The third-order valence-corrected chi connectivity index (χ3v) is 3.08. The summed E-state index contributed by atoms with van der Waals surface area (Å²) in [7, 11) is 0. The summed E-state index contributed by atoms with van der Waals surface area (Å²) in [6, 6.07) is 9.81. The number of benzene rings is 1. The highest BCUT2D eigenvalue weighted by atomic mass is 19.4. The maximum Gasteiger partial charge on any atom is 0.573 e. The molecule has 1 heterocycles. The maximum absolute atomic E-state index is 12.2. The van der Waals surface area contributed by atoms with Gasteiger partial charge in [0.15, 0.2) is 18.9 Å². The first-order chi connectivity index (χ1) is 10.5. The molecule has 0 aliphatic carbocycles. The van der Waals surface area contributed by atoms with Gasteiger partial charge in [-0.3, -0.25) is 0 Å². The van der Waals surface area contributed by atoms with Gasteiger partial charge in [-0.05, 0) is 30.5 Å². The average molecular weight is 312 g/mol. The van der Waals surface area contributed by atoms with E-state index in [1.165, 1.54) is 18.2 Å². The van der Waals surface area contributed by atoms with E-state index in [-0.39, 0.29) is 12.4 Å². The van der Waals surface area contributed by atoms with E-state index < -0.39 is 6.36 Å². The molecule has 22 heavy (non-hydrogen) atoms. The number of halogens is 3. The molecule has 0 radical (unpaired) electrons. The minimum absolute atomic E-state index is 0.154. The van der Waals surface area contributed by atoms with E-state index in [1.54, 1.807) is 6.07 Å². The molecule has 0 fully saturated rings. The highest BCUT2D eigenvalue weighted by molar-refractivity contribution is 5.28. The second-order valence-electron chi connectivity index (χ2n) is 4.90. The van der Waals surface area contributed by atoms with Crippen molar-refractivity contribution in [1.82, 2.24) is 0 Å². The number of nitrogens with zero attached hydrogens (tertiary/aromatic N) is 1. The second kappa shape index (κ2) is 7.26. The average Bonchev–Trinajstić information content (AvgIpc) is 2.45. The third kappa shape index (κ3) is 5.37. The predicted molar refractivity (Wildman–Crippen MR) is 74.3 cm³/mol. The van der Waals surface area contributed by atoms with E-state index >= 15 is 0 Å². The van der Waals surface area contributed by atoms with E-state index in [1.807, 2.05) is 29.1 Å². The van der Waals surface area contributed by atoms with Gasteiger partial charge in [0.05, 0.1) is 0 Å². The van der Waals surface area contributed by atoms with Crippen molar-refractivity contribution in [1.29, 1.82) is 0 Å². The van der Waals surface area contributed by atoms with Crippen LogP contribution in [0.15, 0.2) is 48.8 Å². The summed E-state index contributed by atoms with van der Waals surface area (Å²) >= 11 is 0. The fourth-order valence-electron chi connectivity index (χ4n) is 2.10. The van der Waals surface area contributed by atoms with Gasteiger partial charge in [-0.2, -0.15) is 0 Å². The van der Waals surface area contributed by atoms with Crippen LogP contribution in [0.1, 0.15) is 17.5 Å². The Labute approximate surface area is 126 Å². The smallest absolute Gasteiger partial charge is 0.406 e. The van der Waals surface area contributed by atoms with Gasteiger partial charge in [0, 0.05) is 24.3 Å². The summed E-state index contributed by atoms with van der Waals surface area (Å²) in [6.07, 6.45) is 0.557. The van der Waals surface area contributed by atoms with Crippen molar-refractivity contribution < 1.29 is 27.6 Å². The normalized spacial score (nSPS) is 11.5. The van der Waals surface area contributed by atoms with Crippen LogP contribution in [0.3, 0.4) is 0 Å². The number of aromatic nitrogens is 1. The number of hydrogen-bond acceptors (Lipinski definition) is 2. The largest absolute Gasteiger partial charge is 0.573 e. The van der Waals surface area contributed by atoms with E-state index in [0.717, 1.165) is 17.5 Å². The minimum Gasteiger partial charge on any atom is -0.406 e. The summed E-state index contributed by atoms with van der Waals surface area (Å²) in [5.74, 6) is -0.217. The molecule has 0 amide bonds. The van der Waals surface area contributed by atoms with Crippen LogP contribution in [0.2, 0.25) is 0 Å². The number of hydrogen-bond donors (Lipinski definition) is 1. The zero-order valence-corrected chi connectivity index (χ0v) is 11.9. The van der Waals surface area contributed by atoms with Crippen molar-refractivity contribution in [2.75, 3.05) is 6.61 Å². The number of aryl methyl sites for hydroxylation is 1. The van der Waals surface area contributed by atoms with Crippen molar-refractivity contribution in [3.8, 4) is 5.75 Å². The molecule has 0 bridgehead atoms. The lowest BCUT2D eigenvalue weighted by Gasteiger charge is -2.09. The monoisotopic (exact) mass is 312 g/mol. The van der Waals surface area contributed by atoms with Crippen molar-refractivity contribution in [2.24, 2.45) is 0 Å². The van der Waals surface area contributed by atoms with Crippen LogP contribution in [-0.2, 0) is 13.0 Å². The Bertz CT molecular complexity index is 597. The quantitative estimate of drug-likeness (QED) is 0.832. The van der Waals surface area contributed by atoms with Gasteiger partial charge in [0.25, 0.3) is 0 Å². The number of rotatable bonds is 6. The number of ether oxygens (including phenoxy) is 1. The summed E-state index contributed by atoms with van der Waals surface area (Å²) in [5.41, 5.74) is 1.83. The Kier molecular flexibility index (Phi) is 5.38. The first-order valence-electron chi connectivity index (χ1n) is 6.90. The van der Waals surface area contributed by atoms with Crippen molar-refractivity contribution >= 4 is 0 Å². The van der Waals surface area contributed by atoms with Crippen molar-refractivity contribution in [3.05, 3.63) is 59.9 Å². The highest BCUT2D eigenvalue weighted by Gasteiger charge is 2.31. The number of aliphatic hydroxyl groups excluding tert-OH is 1. The zero-order valence-electron chi connectivity index (χ0n) is 11.9. The Morgan fingerprint density at radius 2 is 1.77 bits per heavy atom. The van der Waals surface area contributed by atoms with Gasteiger partial charge in [0.2, 0.25) is 0 Å². The molecule has 1 aromatic heterocycles. The first-order valence-corrected chi connectivity index (χ1v) is 6.90. The molecule has 0 spiro atoms. The molecule has 0 saturated heterocycles. The maximum atomic E-state index is 12.2. The van der Waals surface area contributed by atoms with E-state index in [9.17, 15) is 13.2 Å². The van der Waals surface area contributed by atoms with Crippen LogP contribution < -0.4 is 9.30 Å². The number of alkyl halides is 3. The molecule has 0 unspecified atom stereocenters. The number of pyridine rings is 1. The van der Waals surface area contributed by atoms with Crippen LogP contribution in [0.25, 0.3) is 0 Å². The fourth-order valence-corrected chi connectivity index (χ4v) is 2.10. The summed E-state index contributed by atoms with van der Waals surface area (Å²) < 4.78 is 42.4. The minimum atomic E-state index is -4.68. The van der Waals surface area contributed by atoms with Gasteiger partial charge < -0.3 is 9.84 Å². The second-order valence-corrected chi connectivity index (χ2v) is 4.90. The molecule has 3 nitrogen and oxygen atoms in total. The molecule has 6 heteroatoms. The molecular weight excluding hydrogens is 295 g/mol. The summed E-state index contributed by atoms with van der Waals surface area (Å²) in [4.78, 5) is 0. The van der Waals surface area contributed by atoms with E-state index in [4.69, 9.17) is 5.11 Å². The first kappa shape index (κ1) is 16.3. The van der Waals surface area contributed by atoms with Gasteiger partial charge >= 0.3 is 6.36 Å². The molecule has 1 N–H and O–H groups in total. The molecular formula is C16H17F3NO2+. The molecule has 0 saturated carbocycles. The molecule has 2 rings (SSSR count). The summed E-state index contributed by atoms with van der Waals surface area (Å²) in [6.45, 7) is 0.607. The van der Waals surface area contributed by atoms with Crippen molar-refractivity contribution in [2.45, 2.75) is 25.7 Å². The molecule has 118 valence electrons. The molecule has 0 aliphatic heterocycles. The van der Waals surface area contributed by atoms with Crippen LogP contribution >= 0.6 is 0 Å². The van der Waals surface area contributed by atoms with Gasteiger partial charge in [-0.1, -0.05) is 12.1 Å². The Hall–Kier alpha value is -2.08. The third-order valence-electron chi connectivity index (χ3n) is 3.08. The standard InChI is InChI=1S/C16H17F3NO2/c17-16(18,19)22-15-5-1-3-14(11-15)12-20-8-6-13(7-9-20)4-2-10-21/h1,3,5-9,11,21H,2,4,10,12H2/q+1. The summed E-state index contributed by atoms with van der Waals surface area (Å²) in [5, 5.41) is 8.79. The van der Waals surface area contributed by atoms with Crippen LogP contribution in [0.5, 0.6) is 5.75 Å². The van der Waals surface area contributed by atoms with Crippen LogP contribution in [0.4, 0.5) is 13.2 Å². The van der Waals surface area contributed by atoms with Crippen LogP contribution in [-0.4, -0.2) is 18.1 Å². The Balaban J connectivity index is 2.02. The lowest BCUT2D eigenvalue weighted by molar-refractivity contribution is -0.688. The van der Waals surface area contributed by atoms with Crippen LogP contribution in [0, 0.1) is 0 Å².